The second-order valence-electron chi connectivity index (χ2n) is 3.87. The van der Waals surface area contributed by atoms with Crippen molar-refractivity contribution in [3.63, 3.8) is 0 Å². The number of nitrogens with one attached hydrogen (secondary N) is 1. The lowest BCUT2D eigenvalue weighted by Gasteiger charge is -1.95. The van der Waals surface area contributed by atoms with Crippen LogP contribution in [0.2, 0.25) is 0 Å². The van der Waals surface area contributed by atoms with Gasteiger partial charge in [0.2, 0.25) is 0 Å². The van der Waals surface area contributed by atoms with Gasteiger partial charge in [0.1, 0.15) is 0 Å². The zero-order chi connectivity index (χ0) is 11.8. The van der Waals surface area contributed by atoms with Gasteiger partial charge in [-0.15, -0.1) is 0 Å². The second kappa shape index (κ2) is 3.48. The van der Waals surface area contributed by atoms with Crippen LogP contribution in [0.5, 0.6) is 0 Å². The maximum absolute atomic E-state index is 5.73. The molecule has 0 fully saturated rings. The SMILES string of the molecule is Nc1cnc(-c2cc3cc(N)ccc3[nH]2)nc1. The molecule has 0 saturated carbocycles. The minimum atomic E-state index is 0.550. The molecule has 5 nitrogen and oxygen atoms in total. The number of benzene rings is 1. The third kappa shape index (κ3) is 1.67. The molecule has 5 N–H and O–H groups in total. The number of nitrogens with two attached hydrogens (primary N) is 2. The van der Waals surface area contributed by atoms with Gasteiger partial charge in [0.25, 0.3) is 0 Å². The summed E-state index contributed by atoms with van der Waals surface area (Å²) in [5.74, 6) is 0.619. The molecule has 0 atom stereocenters. The zero-order valence-electron chi connectivity index (χ0n) is 9.01. The van der Waals surface area contributed by atoms with E-state index in [4.69, 9.17) is 11.5 Å². The molecule has 0 saturated heterocycles. The number of aromatic amines is 1. The van der Waals surface area contributed by atoms with Crippen molar-refractivity contribution >= 4 is 22.3 Å². The fourth-order valence-electron chi connectivity index (χ4n) is 1.75. The Balaban J connectivity index is 2.14. The lowest BCUT2D eigenvalue weighted by Crippen LogP contribution is -1.92. The molecule has 3 aromatic rings. The van der Waals surface area contributed by atoms with E-state index in [1.165, 1.54) is 0 Å². The number of hydrogen-bond donors (Lipinski definition) is 3. The van der Waals surface area contributed by atoms with Crippen molar-refractivity contribution in [2.45, 2.75) is 0 Å². The predicted molar refractivity (Wildman–Crippen MR) is 68.1 cm³/mol. The summed E-state index contributed by atoms with van der Waals surface area (Å²) in [5, 5.41) is 1.04. The van der Waals surface area contributed by atoms with Crippen molar-refractivity contribution in [1.29, 1.82) is 0 Å². The van der Waals surface area contributed by atoms with Crippen LogP contribution in [0.15, 0.2) is 36.7 Å². The highest BCUT2D eigenvalue weighted by Crippen LogP contribution is 2.23. The van der Waals surface area contributed by atoms with Crippen LogP contribution in [0.3, 0.4) is 0 Å². The molecular weight excluding hydrogens is 214 g/mol. The summed E-state index contributed by atoms with van der Waals surface area (Å²) in [5.41, 5.74) is 14.4. The number of hydrogen-bond acceptors (Lipinski definition) is 4. The summed E-state index contributed by atoms with van der Waals surface area (Å²) in [7, 11) is 0. The summed E-state index contributed by atoms with van der Waals surface area (Å²) >= 11 is 0. The molecule has 0 unspecified atom stereocenters. The summed E-state index contributed by atoms with van der Waals surface area (Å²) < 4.78 is 0. The molecule has 0 amide bonds. The average molecular weight is 225 g/mol. The molecule has 0 aliphatic carbocycles. The smallest absolute Gasteiger partial charge is 0.176 e. The molecule has 1 aromatic carbocycles. The third-order valence-corrected chi connectivity index (χ3v) is 2.56. The first-order valence-corrected chi connectivity index (χ1v) is 5.18. The molecule has 0 bridgehead atoms. The Hall–Kier alpha value is -2.56. The molecule has 2 aromatic heterocycles. The minimum Gasteiger partial charge on any atom is -0.399 e. The first kappa shape index (κ1) is 9.65. The van der Waals surface area contributed by atoms with E-state index >= 15 is 0 Å². The van der Waals surface area contributed by atoms with E-state index in [-0.39, 0.29) is 0 Å². The van der Waals surface area contributed by atoms with Crippen molar-refractivity contribution in [3.8, 4) is 11.5 Å². The quantitative estimate of drug-likeness (QED) is 0.550. The maximum Gasteiger partial charge on any atom is 0.176 e. The Morgan fingerprint density at radius 3 is 2.47 bits per heavy atom. The monoisotopic (exact) mass is 225 g/mol. The van der Waals surface area contributed by atoms with Gasteiger partial charge in [-0.3, -0.25) is 0 Å². The summed E-state index contributed by atoms with van der Waals surface area (Å²) in [6, 6.07) is 7.67. The highest BCUT2D eigenvalue weighted by atomic mass is 14.9. The van der Waals surface area contributed by atoms with Crippen LogP contribution in [0.4, 0.5) is 11.4 Å². The summed E-state index contributed by atoms with van der Waals surface area (Å²) in [6.07, 6.45) is 3.17. The molecule has 0 spiro atoms. The van der Waals surface area contributed by atoms with Crippen LogP contribution >= 0.6 is 0 Å². The van der Waals surface area contributed by atoms with Gasteiger partial charge >= 0.3 is 0 Å². The van der Waals surface area contributed by atoms with Gasteiger partial charge in [-0.05, 0) is 24.3 Å². The predicted octanol–water partition coefficient (Wildman–Crippen LogP) is 1.79. The Morgan fingerprint density at radius 1 is 0.941 bits per heavy atom. The summed E-state index contributed by atoms with van der Waals surface area (Å²) in [6.45, 7) is 0. The third-order valence-electron chi connectivity index (χ3n) is 2.56. The van der Waals surface area contributed by atoms with Crippen LogP contribution in [0.25, 0.3) is 22.4 Å². The number of nitrogens with zero attached hydrogens (tertiary/aromatic N) is 2. The number of rotatable bonds is 1. The Morgan fingerprint density at radius 2 is 1.71 bits per heavy atom. The normalized spacial score (nSPS) is 10.8. The van der Waals surface area contributed by atoms with Crippen molar-refractivity contribution in [2.24, 2.45) is 0 Å². The van der Waals surface area contributed by atoms with Crippen molar-refractivity contribution < 1.29 is 0 Å². The summed E-state index contributed by atoms with van der Waals surface area (Å²) in [4.78, 5) is 11.6. The highest BCUT2D eigenvalue weighted by molar-refractivity contribution is 5.87. The molecule has 0 radical (unpaired) electrons. The fourth-order valence-corrected chi connectivity index (χ4v) is 1.75. The van der Waals surface area contributed by atoms with Gasteiger partial charge in [0.15, 0.2) is 5.82 Å². The van der Waals surface area contributed by atoms with Crippen molar-refractivity contribution in [2.75, 3.05) is 11.5 Å². The first-order valence-electron chi connectivity index (χ1n) is 5.18. The van der Waals surface area contributed by atoms with E-state index in [1.54, 1.807) is 12.4 Å². The van der Waals surface area contributed by atoms with Gasteiger partial charge in [0.05, 0.1) is 23.8 Å². The Labute approximate surface area is 97.5 Å². The zero-order valence-corrected chi connectivity index (χ0v) is 9.01. The molecule has 3 rings (SSSR count). The van der Waals surface area contributed by atoms with Gasteiger partial charge in [0, 0.05) is 16.6 Å². The standard InChI is InChI=1S/C12H11N5/c13-8-1-2-10-7(3-8)4-11(17-10)12-15-5-9(14)6-16-12/h1-6,17H,13-14H2. The number of anilines is 2. The topological polar surface area (TPSA) is 93.6 Å². The van der Waals surface area contributed by atoms with Crippen LogP contribution < -0.4 is 11.5 Å². The Bertz CT molecular complexity index is 669. The molecule has 0 aliphatic heterocycles. The lowest BCUT2D eigenvalue weighted by atomic mass is 10.2. The van der Waals surface area contributed by atoms with E-state index in [2.05, 4.69) is 15.0 Å². The number of nitrogen functional groups attached to an aromatic ring is 2. The van der Waals surface area contributed by atoms with Crippen LogP contribution in [-0.2, 0) is 0 Å². The average Bonchev–Trinajstić information content (AvgIpc) is 2.72. The second-order valence-corrected chi connectivity index (χ2v) is 3.87. The first-order chi connectivity index (χ1) is 8.22. The van der Waals surface area contributed by atoms with Crippen molar-refractivity contribution in [1.82, 2.24) is 15.0 Å². The number of H-pyrrole nitrogens is 1. The van der Waals surface area contributed by atoms with Crippen molar-refractivity contribution in [3.05, 3.63) is 36.7 Å². The molecule has 0 aliphatic rings. The molecule has 17 heavy (non-hydrogen) atoms. The molecule has 5 heteroatoms. The van der Waals surface area contributed by atoms with E-state index < -0.39 is 0 Å². The van der Waals surface area contributed by atoms with Gasteiger partial charge < -0.3 is 16.5 Å². The Kier molecular flexibility index (Phi) is 1.98. The van der Waals surface area contributed by atoms with E-state index in [0.29, 0.717) is 11.5 Å². The molecule has 2 heterocycles. The largest absolute Gasteiger partial charge is 0.399 e. The number of aromatic nitrogens is 3. The maximum atomic E-state index is 5.73. The van der Waals surface area contributed by atoms with E-state index in [0.717, 1.165) is 22.3 Å². The minimum absolute atomic E-state index is 0.550. The van der Waals surface area contributed by atoms with Crippen LogP contribution in [-0.4, -0.2) is 15.0 Å². The highest BCUT2D eigenvalue weighted by Gasteiger charge is 2.05. The lowest BCUT2D eigenvalue weighted by molar-refractivity contribution is 1.16. The van der Waals surface area contributed by atoms with Gasteiger partial charge in [-0.2, -0.15) is 0 Å². The van der Waals surface area contributed by atoms with E-state index in [9.17, 15) is 0 Å². The van der Waals surface area contributed by atoms with E-state index in [1.807, 2.05) is 24.3 Å². The fraction of sp³-hybridized carbons (Fsp3) is 0. The van der Waals surface area contributed by atoms with Crippen LogP contribution in [0.1, 0.15) is 0 Å². The van der Waals surface area contributed by atoms with Crippen LogP contribution in [0, 0.1) is 0 Å². The van der Waals surface area contributed by atoms with Gasteiger partial charge in [-0.25, -0.2) is 9.97 Å². The number of fused-ring (bicyclic) bond motifs is 1. The van der Waals surface area contributed by atoms with Gasteiger partial charge in [-0.1, -0.05) is 0 Å². The molecular formula is C12H11N5. The molecule has 84 valence electrons.